The molecule has 2 saturated heterocycles. The normalized spacial score (nSPS) is 18.0. The fourth-order valence-electron chi connectivity index (χ4n) is 11.3. The molecule has 1 N–H and O–H groups in total. The summed E-state index contributed by atoms with van der Waals surface area (Å²) in [5.74, 6) is 0.441. The predicted molar refractivity (Wildman–Crippen MR) is 283 cm³/mol. The van der Waals surface area contributed by atoms with E-state index in [9.17, 15) is 14.7 Å². The fraction of sp³-hybridized carbons (Fsp3) is 0.759. The van der Waals surface area contributed by atoms with Crippen molar-refractivity contribution >= 4 is 22.9 Å². The molecule has 0 spiro atoms. The summed E-state index contributed by atoms with van der Waals surface area (Å²) in [5, 5.41) is 21.0. The highest BCUT2D eigenvalue weighted by Gasteiger charge is 2.49. The van der Waals surface area contributed by atoms with Crippen molar-refractivity contribution in [2.75, 3.05) is 26.3 Å². The number of nitrogens with zero attached hydrogens (tertiary/aromatic N) is 5. The second-order valence-electron chi connectivity index (χ2n) is 23.3. The number of carbonyl (C=O) groups excluding carboxylic acids is 2. The van der Waals surface area contributed by atoms with Crippen molar-refractivity contribution in [2.45, 2.75) is 248 Å². The molecule has 0 radical (unpaired) electrons. The number of esters is 1. The average Bonchev–Trinajstić information content (AvgIpc) is 3.70. The maximum atomic E-state index is 13.3. The molecule has 11 heteroatoms. The molecule has 390 valence electrons. The molecular weight excluding hydrogens is 863 g/mol. The summed E-state index contributed by atoms with van der Waals surface area (Å²) in [4.78, 5) is 36.0. The number of aromatic nitrogens is 3. The van der Waals surface area contributed by atoms with Gasteiger partial charge in [0.25, 0.3) is 0 Å². The van der Waals surface area contributed by atoms with Crippen LogP contribution in [0.5, 0.6) is 5.75 Å². The number of fused-ring (bicyclic) bond motifs is 1. The van der Waals surface area contributed by atoms with E-state index < -0.39 is 0 Å². The van der Waals surface area contributed by atoms with Crippen LogP contribution in [0.15, 0.2) is 36.4 Å². The molecule has 2 aliphatic heterocycles. The lowest BCUT2D eigenvalue weighted by molar-refractivity contribution is -0.293. The maximum Gasteiger partial charge on any atom is 0.306 e. The van der Waals surface area contributed by atoms with Gasteiger partial charge >= 0.3 is 5.97 Å². The van der Waals surface area contributed by atoms with E-state index in [1.807, 2.05) is 50.2 Å². The first-order valence-corrected chi connectivity index (χ1v) is 27.4. The lowest BCUT2D eigenvalue weighted by Crippen LogP contribution is -2.62. The molecule has 69 heavy (non-hydrogen) atoms. The van der Waals surface area contributed by atoms with Crippen LogP contribution in [0.4, 0.5) is 0 Å². The van der Waals surface area contributed by atoms with Gasteiger partial charge in [0, 0.05) is 67.3 Å². The summed E-state index contributed by atoms with van der Waals surface area (Å²) in [6.07, 6.45) is 24.0. The number of piperidine rings is 2. The van der Waals surface area contributed by atoms with Gasteiger partial charge in [0.1, 0.15) is 28.6 Å². The van der Waals surface area contributed by atoms with Gasteiger partial charge in [0.15, 0.2) is 0 Å². The number of phenolic OH excluding ortho intramolecular Hbond substituents is 1. The van der Waals surface area contributed by atoms with Crippen molar-refractivity contribution in [1.82, 2.24) is 25.0 Å². The molecule has 5 rings (SSSR count). The number of rotatable bonds is 27. The van der Waals surface area contributed by atoms with Crippen LogP contribution in [-0.2, 0) is 23.9 Å². The average molecular weight is 960 g/mol. The fourth-order valence-corrected chi connectivity index (χ4v) is 11.3. The van der Waals surface area contributed by atoms with Crippen LogP contribution in [0.2, 0.25) is 0 Å². The van der Waals surface area contributed by atoms with E-state index in [4.69, 9.17) is 14.3 Å². The quantitative estimate of drug-likeness (QED) is 0.0588. The number of aromatic hydroxyl groups is 1. The largest absolute Gasteiger partial charge is 0.505 e. The minimum Gasteiger partial charge on any atom is -0.505 e. The van der Waals surface area contributed by atoms with Gasteiger partial charge in [-0.15, -0.1) is 15.0 Å². The lowest BCUT2D eigenvalue weighted by atomic mass is 9.68. The molecule has 0 unspecified atom stereocenters. The Morgan fingerprint density at radius 3 is 1.67 bits per heavy atom. The Morgan fingerprint density at radius 1 is 0.652 bits per heavy atom. The summed E-state index contributed by atoms with van der Waals surface area (Å²) in [6.45, 7) is 29.4. The van der Waals surface area contributed by atoms with Crippen LogP contribution >= 0.6 is 0 Å². The number of benzene rings is 2. The van der Waals surface area contributed by atoms with Crippen molar-refractivity contribution in [2.24, 2.45) is 10.8 Å². The van der Waals surface area contributed by atoms with Crippen molar-refractivity contribution in [3.8, 4) is 11.4 Å². The first-order valence-electron chi connectivity index (χ1n) is 27.4. The number of hydrogen-bond acceptors (Lipinski definition) is 9. The standard InChI is InChI=1S/C44H84N2O5.C14H13N3O/c1-11-13-15-17-23-27-31-49-40-41(3,4)35-45(36-42(40,5)6)38(47)29-25-21-19-20-22-26-30-39(48)51-37-33-43(7,8)46(44(9,10)34-37)50-32-28-24-18-16-14-12-2;1-9-7-10(2)14(18)13(8-9)17-15-11-5-3-4-6-12(11)16-17/h37,40H,11-36H2,1-10H3;3-8,18H,1-2H3. The second-order valence-corrected chi connectivity index (χ2v) is 23.3. The van der Waals surface area contributed by atoms with Gasteiger partial charge in [-0.1, -0.05) is 150 Å². The molecule has 1 aromatic heterocycles. The minimum atomic E-state index is -0.194. The number of aryl methyl sites for hydroxylation is 2. The number of amides is 1. The van der Waals surface area contributed by atoms with Crippen LogP contribution in [0.25, 0.3) is 16.7 Å². The number of ether oxygens (including phenoxy) is 2. The Labute approximate surface area is 419 Å². The van der Waals surface area contributed by atoms with E-state index in [0.29, 0.717) is 18.5 Å². The zero-order valence-corrected chi connectivity index (χ0v) is 45.7. The van der Waals surface area contributed by atoms with Crippen molar-refractivity contribution < 1.29 is 29.0 Å². The predicted octanol–water partition coefficient (Wildman–Crippen LogP) is 14.3. The van der Waals surface area contributed by atoms with Gasteiger partial charge in [-0.25, -0.2) is 0 Å². The molecule has 3 aromatic rings. The van der Waals surface area contributed by atoms with Crippen LogP contribution in [-0.4, -0.2) is 91.5 Å². The minimum absolute atomic E-state index is 0.0636. The Hall–Kier alpha value is -3.54. The maximum absolute atomic E-state index is 13.3. The third-order valence-corrected chi connectivity index (χ3v) is 14.3. The van der Waals surface area contributed by atoms with Crippen LogP contribution in [0.3, 0.4) is 0 Å². The molecule has 0 bridgehead atoms. The third kappa shape index (κ3) is 18.5. The number of hydrogen-bond donors (Lipinski definition) is 1. The molecule has 11 nitrogen and oxygen atoms in total. The van der Waals surface area contributed by atoms with Gasteiger partial charge in [-0.2, -0.15) is 5.06 Å². The van der Waals surface area contributed by atoms with Crippen LogP contribution in [0, 0.1) is 24.7 Å². The first kappa shape index (κ1) is 58.0. The van der Waals surface area contributed by atoms with Crippen molar-refractivity contribution in [3.05, 3.63) is 47.5 Å². The summed E-state index contributed by atoms with van der Waals surface area (Å²) in [7, 11) is 0. The Balaban J connectivity index is 0.000000472. The van der Waals surface area contributed by atoms with E-state index in [-0.39, 0.29) is 51.7 Å². The Bertz CT molecular complexity index is 1920. The SMILES string of the molecule is CCCCCCCCOC1C(C)(C)CN(C(=O)CCCCCCCCC(=O)OC2CC(C)(C)N(OCCCCCCCC)C(C)(C)C2)CC1(C)C.Cc1cc(C)c(O)c(-n2nc3ccccc3n2)c1. The van der Waals surface area contributed by atoms with Crippen molar-refractivity contribution in [3.63, 3.8) is 0 Å². The van der Waals surface area contributed by atoms with Crippen molar-refractivity contribution in [1.29, 1.82) is 0 Å². The van der Waals surface area contributed by atoms with Gasteiger partial charge in [0.2, 0.25) is 5.91 Å². The molecule has 3 heterocycles. The highest BCUT2D eigenvalue weighted by Crippen LogP contribution is 2.43. The number of carbonyl (C=O) groups is 2. The van der Waals surface area contributed by atoms with Gasteiger partial charge in [0.05, 0.1) is 12.7 Å². The molecule has 0 aliphatic carbocycles. The van der Waals surface area contributed by atoms with E-state index >= 15 is 0 Å². The number of phenols is 1. The van der Waals surface area contributed by atoms with E-state index in [0.717, 1.165) is 113 Å². The molecule has 2 fully saturated rings. The molecule has 2 aromatic carbocycles. The number of hydroxylamine groups is 2. The summed E-state index contributed by atoms with van der Waals surface area (Å²) < 4.78 is 12.5. The Kier molecular flexibility index (Phi) is 23.5. The van der Waals surface area contributed by atoms with E-state index in [1.54, 1.807) is 0 Å². The highest BCUT2D eigenvalue weighted by molar-refractivity contribution is 5.76. The zero-order chi connectivity index (χ0) is 50.7. The van der Waals surface area contributed by atoms with Crippen LogP contribution in [0.1, 0.15) is 222 Å². The van der Waals surface area contributed by atoms with Gasteiger partial charge < -0.3 is 19.5 Å². The zero-order valence-electron chi connectivity index (χ0n) is 45.7. The highest BCUT2D eigenvalue weighted by atomic mass is 16.7. The number of unbranched alkanes of at least 4 members (excludes halogenated alkanes) is 15. The molecule has 0 atom stereocenters. The molecule has 2 aliphatic rings. The summed E-state index contributed by atoms with van der Waals surface area (Å²) in [5.41, 5.74) is 3.63. The topological polar surface area (TPSA) is 119 Å². The van der Waals surface area contributed by atoms with E-state index in [1.165, 1.54) is 69.0 Å². The smallest absolute Gasteiger partial charge is 0.306 e. The Morgan fingerprint density at radius 2 is 1.13 bits per heavy atom. The van der Waals surface area contributed by atoms with Gasteiger partial charge in [-0.05, 0) is 96.6 Å². The molecular formula is C58H97N5O6. The van der Waals surface area contributed by atoms with E-state index in [2.05, 4.69) is 89.4 Å². The second kappa shape index (κ2) is 27.9. The van der Waals surface area contributed by atoms with Crippen LogP contribution < -0.4 is 0 Å². The summed E-state index contributed by atoms with van der Waals surface area (Å²) in [6, 6.07) is 11.5. The monoisotopic (exact) mass is 960 g/mol. The number of likely N-dealkylation sites (tertiary alicyclic amines) is 1. The first-order chi connectivity index (χ1) is 32.7. The third-order valence-electron chi connectivity index (χ3n) is 14.3. The van der Waals surface area contributed by atoms with Gasteiger partial charge in [-0.3, -0.25) is 14.4 Å². The molecule has 1 amide bonds. The summed E-state index contributed by atoms with van der Waals surface area (Å²) >= 11 is 0. The lowest BCUT2D eigenvalue weighted by Gasteiger charge is -2.53. The molecule has 0 saturated carbocycles.